The Morgan fingerprint density at radius 3 is 2.70 bits per heavy atom. The Balaban J connectivity index is 1.63. The summed E-state index contributed by atoms with van der Waals surface area (Å²) in [6, 6.07) is 13.3. The van der Waals surface area contributed by atoms with E-state index in [-0.39, 0.29) is 11.9 Å². The minimum absolute atomic E-state index is 0.140. The van der Waals surface area contributed by atoms with Crippen molar-refractivity contribution in [3.05, 3.63) is 53.8 Å². The van der Waals surface area contributed by atoms with Gasteiger partial charge >= 0.3 is 0 Å². The van der Waals surface area contributed by atoms with Crippen LogP contribution in [0.5, 0.6) is 5.75 Å². The van der Waals surface area contributed by atoms with Crippen molar-refractivity contribution in [2.45, 2.75) is 44.1 Å². The quantitative estimate of drug-likeness (QED) is 0.580. The van der Waals surface area contributed by atoms with E-state index in [1.54, 1.807) is 0 Å². The molecular formula is C23H24FNO2. The normalized spacial score (nSPS) is 20.1. The summed E-state index contributed by atoms with van der Waals surface area (Å²) in [4.78, 5) is 3.61. The van der Waals surface area contributed by atoms with Crippen molar-refractivity contribution in [2.75, 3.05) is 13.2 Å². The zero-order valence-electron chi connectivity index (χ0n) is 15.3. The molecule has 1 N–H and O–H groups in total. The maximum absolute atomic E-state index is 13.9. The molecule has 2 heterocycles. The highest BCUT2D eigenvalue weighted by molar-refractivity contribution is 5.92. The first-order valence-electron chi connectivity index (χ1n) is 9.94. The highest BCUT2D eigenvalue weighted by Crippen LogP contribution is 2.44. The van der Waals surface area contributed by atoms with Gasteiger partial charge in [0.05, 0.1) is 12.3 Å². The third kappa shape index (κ3) is 3.34. The number of aromatic amines is 1. The second-order valence-electron chi connectivity index (χ2n) is 7.70. The Morgan fingerprint density at radius 2 is 1.89 bits per heavy atom. The van der Waals surface area contributed by atoms with Crippen LogP contribution in [0.15, 0.2) is 42.5 Å². The average molecular weight is 365 g/mol. The van der Waals surface area contributed by atoms with Gasteiger partial charge in [0, 0.05) is 22.5 Å². The molecule has 3 aromatic rings. The van der Waals surface area contributed by atoms with Gasteiger partial charge in [-0.2, -0.15) is 0 Å². The number of hydrogen-bond donors (Lipinski definition) is 1. The Bertz CT molecular complexity index is 954. The molecule has 4 heteroatoms. The van der Waals surface area contributed by atoms with Crippen LogP contribution in [0.1, 0.15) is 43.6 Å². The van der Waals surface area contributed by atoms with Crippen molar-refractivity contribution in [1.82, 2.24) is 4.98 Å². The number of H-pyrrole nitrogens is 1. The summed E-state index contributed by atoms with van der Waals surface area (Å²) in [7, 11) is 0. The third-order valence-electron chi connectivity index (χ3n) is 5.80. The van der Waals surface area contributed by atoms with Crippen molar-refractivity contribution in [2.24, 2.45) is 0 Å². The van der Waals surface area contributed by atoms with Gasteiger partial charge in [-0.1, -0.05) is 37.5 Å². The van der Waals surface area contributed by atoms with Gasteiger partial charge < -0.3 is 14.5 Å². The summed E-state index contributed by atoms with van der Waals surface area (Å²) in [5, 5.41) is 1.28. The van der Waals surface area contributed by atoms with Gasteiger partial charge in [-0.3, -0.25) is 0 Å². The first kappa shape index (κ1) is 16.8. The lowest BCUT2D eigenvalue weighted by atomic mass is 9.82. The number of epoxide rings is 1. The van der Waals surface area contributed by atoms with Crippen LogP contribution in [0, 0.1) is 5.82 Å². The Kier molecular flexibility index (Phi) is 4.36. The van der Waals surface area contributed by atoms with Crippen LogP contribution < -0.4 is 4.74 Å². The third-order valence-corrected chi connectivity index (χ3v) is 5.80. The Hall–Kier alpha value is -2.33. The topological polar surface area (TPSA) is 37.5 Å². The molecule has 140 valence electrons. The van der Waals surface area contributed by atoms with Crippen molar-refractivity contribution >= 4 is 10.9 Å². The fourth-order valence-corrected chi connectivity index (χ4v) is 4.36. The molecule has 3 nitrogen and oxygen atoms in total. The molecule has 5 rings (SSSR count). The summed E-state index contributed by atoms with van der Waals surface area (Å²) < 4.78 is 25.1. The minimum atomic E-state index is -0.277. The van der Waals surface area contributed by atoms with E-state index < -0.39 is 0 Å². The molecule has 1 aliphatic heterocycles. The summed E-state index contributed by atoms with van der Waals surface area (Å²) in [5.74, 6) is 0.851. The maximum Gasteiger partial charge on any atom is 0.131 e. The van der Waals surface area contributed by atoms with E-state index >= 15 is 0 Å². The first-order chi connectivity index (χ1) is 13.3. The van der Waals surface area contributed by atoms with E-state index in [4.69, 9.17) is 9.47 Å². The molecule has 0 amide bonds. The molecule has 0 unspecified atom stereocenters. The maximum atomic E-state index is 13.9. The van der Waals surface area contributed by atoms with Crippen LogP contribution >= 0.6 is 0 Å². The summed E-state index contributed by atoms with van der Waals surface area (Å²) in [6.45, 7) is 1.19. The lowest BCUT2D eigenvalue weighted by molar-refractivity contribution is 0.263. The van der Waals surface area contributed by atoms with Gasteiger partial charge in [-0.25, -0.2) is 4.39 Å². The fraction of sp³-hybridized carbons (Fsp3) is 0.391. The molecule has 2 aliphatic rings. The van der Waals surface area contributed by atoms with Gasteiger partial charge in [0.25, 0.3) is 0 Å². The summed E-state index contributed by atoms with van der Waals surface area (Å²) in [5.41, 5.74) is 4.52. The zero-order chi connectivity index (χ0) is 18.2. The van der Waals surface area contributed by atoms with Crippen LogP contribution in [0.3, 0.4) is 0 Å². The minimum Gasteiger partial charge on any atom is -0.490 e. The first-order valence-corrected chi connectivity index (χ1v) is 9.94. The number of para-hydroxylation sites is 1. The average Bonchev–Trinajstić information content (AvgIpc) is 3.45. The summed E-state index contributed by atoms with van der Waals surface area (Å²) in [6.07, 6.45) is 6.43. The van der Waals surface area contributed by atoms with Crippen molar-refractivity contribution < 1.29 is 13.9 Å². The molecule has 2 fully saturated rings. The highest BCUT2D eigenvalue weighted by Gasteiger charge is 2.27. The molecule has 0 radical (unpaired) electrons. The zero-order valence-corrected chi connectivity index (χ0v) is 15.3. The van der Waals surface area contributed by atoms with Gasteiger partial charge in [0.15, 0.2) is 0 Å². The number of benzene rings is 2. The van der Waals surface area contributed by atoms with Crippen LogP contribution in [0.25, 0.3) is 22.2 Å². The molecule has 1 aromatic heterocycles. The largest absolute Gasteiger partial charge is 0.490 e. The van der Waals surface area contributed by atoms with Gasteiger partial charge in [-0.05, 0) is 42.5 Å². The molecule has 1 saturated carbocycles. The molecule has 0 spiro atoms. The lowest BCUT2D eigenvalue weighted by Crippen LogP contribution is -2.07. The molecule has 0 bridgehead atoms. The van der Waals surface area contributed by atoms with Crippen LogP contribution in [0.2, 0.25) is 0 Å². The molecular weight excluding hydrogens is 341 g/mol. The second-order valence-corrected chi connectivity index (χ2v) is 7.70. The van der Waals surface area contributed by atoms with Crippen molar-refractivity contribution in [1.29, 1.82) is 0 Å². The summed E-state index contributed by atoms with van der Waals surface area (Å²) >= 11 is 0. The Morgan fingerprint density at radius 1 is 1.07 bits per heavy atom. The number of nitrogens with one attached hydrogen (secondary N) is 1. The Labute approximate surface area is 158 Å². The number of ether oxygens (including phenoxy) is 2. The SMILES string of the molecule is Fc1ccc(-c2[nH]c3ccccc3c2C2CCCCC2)c(OC[C@@H]2CO2)c1. The van der Waals surface area contributed by atoms with Gasteiger partial charge in [-0.15, -0.1) is 0 Å². The number of hydrogen-bond acceptors (Lipinski definition) is 2. The lowest BCUT2D eigenvalue weighted by Gasteiger charge is -2.23. The number of halogens is 1. The molecule has 2 aromatic carbocycles. The van der Waals surface area contributed by atoms with Crippen LogP contribution in [0.4, 0.5) is 4.39 Å². The van der Waals surface area contributed by atoms with E-state index in [9.17, 15) is 4.39 Å². The number of fused-ring (bicyclic) bond motifs is 1. The van der Waals surface area contributed by atoms with Crippen LogP contribution in [-0.2, 0) is 4.74 Å². The molecule has 1 atom stereocenters. The molecule has 27 heavy (non-hydrogen) atoms. The van der Waals surface area contributed by atoms with E-state index in [0.29, 0.717) is 18.3 Å². The van der Waals surface area contributed by atoms with E-state index in [1.807, 2.05) is 6.07 Å². The highest BCUT2D eigenvalue weighted by atomic mass is 19.1. The second kappa shape index (κ2) is 7.01. The number of aromatic nitrogens is 1. The van der Waals surface area contributed by atoms with Gasteiger partial charge in [0.2, 0.25) is 0 Å². The molecule has 1 saturated heterocycles. The predicted octanol–water partition coefficient (Wildman–Crippen LogP) is 5.80. The van der Waals surface area contributed by atoms with E-state index in [1.165, 1.54) is 55.2 Å². The van der Waals surface area contributed by atoms with Crippen molar-refractivity contribution in [3.8, 4) is 17.0 Å². The van der Waals surface area contributed by atoms with Gasteiger partial charge in [0.1, 0.15) is 24.3 Å². The van der Waals surface area contributed by atoms with Crippen molar-refractivity contribution in [3.63, 3.8) is 0 Å². The molecule has 1 aliphatic carbocycles. The van der Waals surface area contributed by atoms with E-state index in [0.717, 1.165) is 23.4 Å². The number of rotatable bonds is 5. The fourth-order valence-electron chi connectivity index (χ4n) is 4.36. The monoisotopic (exact) mass is 365 g/mol. The van der Waals surface area contributed by atoms with E-state index in [2.05, 4.69) is 29.2 Å². The standard InChI is InChI=1S/C23H24FNO2/c24-16-10-11-19(21(12-16)27-14-17-13-26-17)23-22(15-6-2-1-3-7-15)18-8-4-5-9-20(18)25-23/h4-5,8-12,15,17,25H,1-3,6-7,13-14H2/t17-/m0/s1. The predicted molar refractivity (Wildman–Crippen MR) is 105 cm³/mol. The van der Waals surface area contributed by atoms with Crippen LogP contribution in [-0.4, -0.2) is 24.3 Å². The smallest absolute Gasteiger partial charge is 0.131 e.